The van der Waals surface area contributed by atoms with Crippen LogP contribution < -0.4 is 14.8 Å². The molecule has 0 saturated carbocycles. The summed E-state index contributed by atoms with van der Waals surface area (Å²) >= 11 is 0. The van der Waals surface area contributed by atoms with Crippen molar-refractivity contribution in [3.63, 3.8) is 0 Å². The lowest BCUT2D eigenvalue weighted by Gasteiger charge is -2.09. The van der Waals surface area contributed by atoms with Crippen LogP contribution in [0.25, 0.3) is 0 Å². The van der Waals surface area contributed by atoms with Gasteiger partial charge < -0.3 is 19.5 Å². The van der Waals surface area contributed by atoms with E-state index in [0.29, 0.717) is 49.2 Å². The molecule has 0 atom stereocenters. The van der Waals surface area contributed by atoms with Gasteiger partial charge >= 0.3 is 0 Å². The van der Waals surface area contributed by atoms with Crippen LogP contribution in [0, 0.1) is 0 Å². The average Bonchev–Trinajstić information content (AvgIpc) is 2.64. The highest BCUT2D eigenvalue weighted by atomic mass is 16.5. The number of anilines is 1. The van der Waals surface area contributed by atoms with Crippen LogP contribution in [0.4, 0.5) is 5.69 Å². The maximum atomic E-state index is 12.3. The number of benzene rings is 2. The Morgan fingerprint density at radius 2 is 1.88 bits per heavy atom. The maximum Gasteiger partial charge on any atom is 0.255 e. The molecule has 5 nitrogen and oxygen atoms in total. The molecule has 0 bridgehead atoms. The Morgan fingerprint density at radius 3 is 2.60 bits per heavy atom. The minimum Gasteiger partial charge on any atom is -0.491 e. The molecule has 0 spiro atoms. The van der Waals surface area contributed by atoms with E-state index in [0.717, 1.165) is 0 Å². The molecule has 1 amide bonds. The average molecular weight is 341 g/mol. The van der Waals surface area contributed by atoms with Crippen molar-refractivity contribution in [2.75, 3.05) is 31.7 Å². The van der Waals surface area contributed by atoms with E-state index in [-0.39, 0.29) is 5.91 Å². The van der Waals surface area contributed by atoms with Crippen molar-refractivity contribution in [3.8, 4) is 11.5 Å². The van der Waals surface area contributed by atoms with Crippen molar-refractivity contribution >= 4 is 11.6 Å². The van der Waals surface area contributed by atoms with Gasteiger partial charge in [-0.1, -0.05) is 18.7 Å². The molecule has 132 valence electrons. The topological polar surface area (TPSA) is 56.8 Å². The number of amides is 1. The Kier molecular flexibility index (Phi) is 7.53. The van der Waals surface area contributed by atoms with Crippen LogP contribution in [0.2, 0.25) is 0 Å². The number of nitrogens with one attached hydrogen (secondary N) is 1. The molecule has 0 aliphatic carbocycles. The largest absolute Gasteiger partial charge is 0.491 e. The van der Waals surface area contributed by atoms with Crippen LogP contribution >= 0.6 is 0 Å². The molecule has 1 N–H and O–H groups in total. The number of rotatable bonds is 10. The second-order valence-corrected chi connectivity index (χ2v) is 5.15. The van der Waals surface area contributed by atoms with E-state index < -0.39 is 0 Å². The van der Waals surface area contributed by atoms with E-state index in [1.165, 1.54) is 0 Å². The fourth-order valence-corrected chi connectivity index (χ4v) is 2.09. The van der Waals surface area contributed by atoms with Gasteiger partial charge in [-0.05, 0) is 43.3 Å². The summed E-state index contributed by atoms with van der Waals surface area (Å²) in [5.74, 6) is 1.19. The lowest BCUT2D eigenvalue weighted by atomic mass is 10.2. The Labute approximate surface area is 148 Å². The smallest absolute Gasteiger partial charge is 0.255 e. The zero-order chi connectivity index (χ0) is 17.9. The van der Waals surface area contributed by atoms with Crippen LogP contribution in [-0.2, 0) is 4.74 Å². The minimum atomic E-state index is -0.193. The Balaban J connectivity index is 1.91. The highest BCUT2D eigenvalue weighted by molar-refractivity contribution is 6.04. The zero-order valence-electron chi connectivity index (χ0n) is 14.4. The lowest BCUT2D eigenvalue weighted by molar-refractivity contribution is 0.102. The summed E-state index contributed by atoms with van der Waals surface area (Å²) < 4.78 is 16.2. The van der Waals surface area contributed by atoms with Crippen LogP contribution in [0.3, 0.4) is 0 Å². The van der Waals surface area contributed by atoms with E-state index >= 15 is 0 Å². The standard InChI is InChI=1S/C20H23NO4/c1-3-12-24-19-7-5-6-17(15-19)21-20(22)16-8-10-18(11-9-16)25-14-13-23-4-2/h3,5-11,15H,1,4,12-14H2,2H3,(H,21,22). The molecule has 5 heteroatoms. The SMILES string of the molecule is C=CCOc1cccc(NC(=O)c2ccc(OCCOCC)cc2)c1. The van der Waals surface area contributed by atoms with Crippen LogP contribution in [0.5, 0.6) is 11.5 Å². The summed E-state index contributed by atoms with van der Waals surface area (Å²) in [5.41, 5.74) is 1.22. The summed E-state index contributed by atoms with van der Waals surface area (Å²) in [7, 11) is 0. The molecule has 25 heavy (non-hydrogen) atoms. The third-order valence-electron chi connectivity index (χ3n) is 3.28. The van der Waals surface area contributed by atoms with Gasteiger partial charge in [-0.25, -0.2) is 0 Å². The van der Waals surface area contributed by atoms with Gasteiger partial charge in [0.15, 0.2) is 0 Å². The first-order valence-corrected chi connectivity index (χ1v) is 8.18. The number of hydrogen-bond donors (Lipinski definition) is 1. The molecule has 0 aliphatic rings. The van der Waals surface area contributed by atoms with Crippen molar-refractivity contribution in [1.29, 1.82) is 0 Å². The van der Waals surface area contributed by atoms with Crippen molar-refractivity contribution in [2.45, 2.75) is 6.92 Å². The molecule has 0 fully saturated rings. The van der Waals surface area contributed by atoms with Crippen LogP contribution in [0.1, 0.15) is 17.3 Å². The van der Waals surface area contributed by atoms with Gasteiger partial charge in [-0.15, -0.1) is 0 Å². The third kappa shape index (κ3) is 6.31. The first-order chi connectivity index (χ1) is 12.2. The summed E-state index contributed by atoms with van der Waals surface area (Å²) in [6.45, 7) is 7.66. The molecule has 0 aromatic heterocycles. The maximum absolute atomic E-state index is 12.3. The summed E-state index contributed by atoms with van der Waals surface area (Å²) in [4.78, 5) is 12.3. The molecule has 0 saturated heterocycles. The molecular weight excluding hydrogens is 318 g/mol. The molecule has 0 heterocycles. The quantitative estimate of drug-likeness (QED) is 0.526. The molecular formula is C20H23NO4. The van der Waals surface area contributed by atoms with Gasteiger partial charge in [0.1, 0.15) is 24.7 Å². The Bertz CT molecular complexity index is 682. The Hall–Kier alpha value is -2.79. The van der Waals surface area contributed by atoms with Gasteiger partial charge in [0.05, 0.1) is 6.61 Å². The van der Waals surface area contributed by atoms with Crippen molar-refractivity contribution in [2.24, 2.45) is 0 Å². The Morgan fingerprint density at radius 1 is 1.08 bits per heavy atom. The molecule has 0 radical (unpaired) electrons. The second-order valence-electron chi connectivity index (χ2n) is 5.15. The molecule has 2 rings (SSSR count). The van der Waals surface area contributed by atoms with Gasteiger partial charge in [-0.2, -0.15) is 0 Å². The second kappa shape index (κ2) is 10.2. The highest BCUT2D eigenvalue weighted by Crippen LogP contribution is 2.19. The van der Waals surface area contributed by atoms with Gasteiger partial charge in [-0.3, -0.25) is 4.79 Å². The first kappa shape index (κ1) is 18.5. The van der Waals surface area contributed by atoms with E-state index in [1.807, 2.05) is 25.1 Å². The molecule has 2 aromatic carbocycles. The first-order valence-electron chi connectivity index (χ1n) is 8.18. The zero-order valence-corrected chi connectivity index (χ0v) is 14.4. The lowest BCUT2D eigenvalue weighted by Crippen LogP contribution is -2.12. The predicted octanol–water partition coefficient (Wildman–Crippen LogP) is 3.92. The van der Waals surface area contributed by atoms with E-state index in [2.05, 4.69) is 11.9 Å². The van der Waals surface area contributed by atoms with Gasteiger partial charge in [0, 0.05) is 23.9 Å². The molecule has 2 aromatic rings. The van der Waals surface area contributed by atoms with Crippen molar-refractivity contribution < 1.29 is 19.0 Å². The van der Waals surface area contributed by atoms with E-state index in [9.17, 15) is 4.79 Å². The predicted molar refractivity (Wildman–Crippen MR) is 98.5 cm³/mol. The number of hydrogen-bond acceptors (Lipinski definition) is 4. The monoisotopic (exact) mass is 341 g/mol. The molecule has 0 aliphatic heterocycles. The van der Waals surface area contributed by atoms with Crippen molar-refractivity contribution in [1.82, 2.24) is 0 Å². The summed E-state index contributed by atoms with van der Waals surface area (Å²) in [6, 6.07) is 14.2. The summed E-state index contributed by atoms with van der Waals surface area (Å²) in [6.07, 6.45) is 1.67. The number of carbonyl (C=O) groups excluding carboxylic acids is 1. The van der Waals surface area contributed by atoms with E-state index in [1.54, 1.807) is 36.4 Å². The fraction of sp³-hybridized carbons (Fsp3) is 0.250. The third-order valence-corrected chi connectivity index (χ3v) is 3.28. The van der Waals surface area contributed by atoms with Gasteiger partial charge in [0.2, 0.25) is 0 Å². The highest BCUT2D eigenvalue weighted by Gasteiger charge is 2.07. The number of carbonyl (C=O) groups is 1. The normalized spacial score (nSPS) is 10.1. The molecule has 0 unspecified atom stereocenters. The van der Waals surface area contributed by atoms with Crippen molar-refractivity contribution in [3.05, 3.63) is 66.7 Å². The fourth-order valence-electron chi connectivity index (χ4n) is 2.09. The minimum absolute atomic E-state index is 0.193. The van der Waals surface area contributed by atoms with Gasteiger partial charge in [0.25, 0.3) is 5.91 Å². The number of ether oxygens (including phenoxy) is 3. The summed E-state index contributed by atoms with van der Waals surface area (Å²) in [5, 5.41) is 2.85. The van der Waals surface area contributed by atoms with Crippen LogP contribution in [-0.4, -0.2) is 32.3 Å². The van der Waals surface area contributed by atoms with Crippen LogP contribution in [0.15, 0.2) is 61.2 Å². The van der Waals surface area contributed by atoms with E-state index in [4.69, 9.17) is 14.2 Å².